The molecule has 6 nitrogen and oxygen atoms in total. The third kappa shape index (κ3) is 2.30. The lowest BCUT2D eigenvalue weighted by Gasteiger charge is -2.55. The summed E-state index contributed by atoms with van der Waals surface area (Å²) in [5.74, 6) is 0.439. The highest BCUT2D eigenvalue weighted by Crippen LogP contribution is 2.51. The lowest BCUT2D eigenvalue weighted by molar-refractivity contribution is -0.175. The first-order valence-electron chi connectivity index (χ1n) is 8.08. The Balaban J connectivity index is 2.18. The lowest BCUT2D eigenvalue weighted by atomic mass is 9.79. The van der Waals surface area contributed by atoms with Gasteiger partial charge in [-0.05, 0) is 39.1 Å². The molecular formula is C17H22N2O4S. The van der Waals surface area contributed by atoms with Gasteiger partial charge in [0.1, 0.15) is 5.92 Å². The zero-order chi connectivity index (χ0) is 17.5. The molecule has 3 rings (SSSR count). The van der Waals surface area contributed by atoms with E-state index in [1.165, 1.54) is 0 Å². The summed E-state index contributed by atoms with van der Waals surface area (Å²) >= 11 is 5.50. The number of hydrogen-bond donors (Lipinski definition) is 1. The van der Waals surface area contributed by atoms with Crippen LogP contribution in [0.15, 0.2) is 18.2 Å². The number of rotatable bonds is 4. The summed E-state index contributed by atoms with van der Waals surface area (Å²) in [7, 11) is 1.60. The Labute approximate surface area is 147 Å². The van der Waals surface area contributed by atoms with Gasteiger partial charge in [0, 0.05) is 12.1 Å². The van der Waals surface area contributed by atoms with Gasteiger partial charge in [0.05, 0.1) is 19.8 Å². The van der Waals surface area contributed by atoms with Gasteiger partial charge >= 0.3 is 5.97 Å². The normalized spacial score (nSPS) is 27.7. The molecule has 1 N–H and O–H groups in total. The van der Waals surface area contributed by atoms with E-state index >= 15 is 0 Å². The zero-order valence-corrected chi connectivity index (χ0v) is 15.1. The van der Waals surface area contributed by atoms with Crippen LogP contribution in [0.4, 0.5) is 0 Å². The van der Waals surface area contributed by atoms with Crippen LogP contribution in [-0.4, -0.2) is 42.0 Å². The lowest BCUT2D eigenvalue weighted by Crippen LogP contribution is -2.71. The van der Waals surface area contributed by atoms with Crippen LogP contribution in [-0.2, 0) is 9.53 Å². The van der Waals surface area contributed by atoms with Gasteiger partial charge in [-0.1, -0.05) is 12.1 Å². The number of carbonyl (C=O) groups excluding carboxylic acids is 1. The Bertz CT molecular complexity index is 681. The number of ether oxygens (including phenoxy) is 3. The molecule has 0 radical (unpaired) electrons. The largest absolute Gasteiger partial charge is 0.493 e. The summed E-state index contributed by atoms with van der Waals surface area (Å²) in [4.78, 5) is 14.6. The fourth-order valence-corrected chi connectivity index (χ4v) is 4.08. The first-order valence-corrected chi connectivity index (χ1v) is 8.49. The SMILES string of the molecule is CCOC(=O)[C@@H]1[C@H]2NC(=S)N(CC)[C@]1(C)Oc1c(OC)cccc12. The van der Waals surface area contributed by atoms with Crippen molar-refractivity contribution in [3.05, 3.63) is 23.8 Å². The second-order valence-corrected chi connectivity index (χ2v) is 6.32. The standard InChI is InChI=1S/C17H22N2O4S/c1-5-19-16(24)18-13-10-8-7-9-11(21-4)14(10)23-17(19,3)12(13)15(20)22-6-2/h7-9,12-13H,5-6H2,1-4H3,(H,18,24)/t12-,13-,17+/m0/s1. The maximum atomic E-state index is 12.7. The molecular weight excluding hydrogens is 328 g/mol. The summed E-state index contributed by atoms with van der Waals surface area (Å²) in [6, 6.07) is 5.33. The Morgan fingerprint density at radius 2 is 2.21 bits per heavy atom. The van der Waals surface area contributed by atoms with E-state index < -0.39 is 11.6 Å². The minimum Gasteiger partial charge on any atom is -0.493 e. The molecule has 24 heavy (non-hydrogen) atoms. The summed E-state index contributed by atoms with van der Waals surface area (Å²) in [6.07, 6.45) is 0. The molecule has 0 aromatic heterocycles. The van der Waals surface area contributed by atoms with Crippen LogP contribution in [0.25, 0.3) is 0 Å². The predicted octanol–water partition coefficient (Wildman–Crippen LogP) is 2.23. The molecule has 1 aromatic rings. The minimum atomic E-state index is -0.935. The summed E-state index contributed by atoms with van der Waals surface area (Å²) < 4.78 is 17.1. The van der Waals surface area contributed by atoms with Gasteiger partial charge in [0.15, 0.2) is 22.3 Å². The fraction of sp³-hybridized carbons (Fsp3) is 0.529. The van der Waals surface area contributed by atoms with E-state index in [0.717, 1.165) is 5.56 Å². The molecule has 7 heteroatoms. The smallest absolute Gasteiger partial charge is 0.317 e. The number of esters is 1. The van der Waals surface area contributed by atoms with Crippen molar-refractivity contribution < 1.29 is 19.0 Å². The number of nitrogens with zero attached hydrogens (tertiary/aromatic N) is 1. The predicted molar refractivity (Wildman–Crippen MR) is 93.0 cm³/mol. The van der Waals surface area contributed by atoms with Gasteiger partial charge in [-0.25, -0.2) is 0 Å². The molecule has 0 unspecified atom stereocenters. The molecule has 0 saturated carbocycles. The van der Waals surface area contributed by atoms with E-state index in [0.29, 0.717) is 29.8 Å². The van der Waals surface area contributed by atoms with E-state index in [-0.39, 0.29) is 12.0 Å². The van der Waals surface area contributed by atoms with Crippen LogP contribution >= 0.6 is 12.2 Å². The molecule has 0 amide bonds. The molecule has 2 aliphatic heterocycles. The number of methoxy groups -OCH3 is 1. The second kappa shape index (κ2) is 6.12. The summed E-state index contributed by atoms with van der Waals surface area (Å²) in [5.41, 5.74) is -0.0849. The number of thiocarbonyl (C=S) groups is 1. The highest BCUT2D eigenvalue weighted by atomic mass is 32.1. The monoisotopic (exact) mass is 350 g/mol. The fourth-order valence-electron chi connectivity index (χ4n) is 3.65. The van der Waals surface area contributed by atoms with Crippen molar-refractivity contribution in [2.24, 2.45) is 5.92 Å². The molecule has 2 bridgehead atoms. The Kier molecular flexibility index (Phi) is 4.29. The van der Waals surface area contributed by atoms with Crippen LogP contribution in [0.5, 0.6) is 11.5 Å². The van der Waals surface area contributed by atoms with Crippen molar-refractivity contribution >= 4 is 23.3 Å². The third-order valence-electron chi connectivity index (χ3n) is 4.70. The van der Waals surface area contributed by atoms with Gasteiger partial charge in [-0.3, -0.25) is 4.79 Å². The van der Waals surface area contributed by atoms with Crippen LogP contribution in [0.1, 0.15) is 32.4 Å². The molecule has 0 spiro atoms. The Morgan fingerprint density at radius 1 is 1.46 bits per heavy atom. The van der Waals surface area contributed by atoms with Crippen LogP contribution in [0, 0.1) is 5.92 Å². The number of benzene rings is 1. The first kappa shape index (κ1) is 16.8. The van der Waals surface area contributed by atoms with Crippen molar-refractivity contribution in [2.75, 3.05) is 20.3 Å². The Hall–Kier alpha value is -2.02. The second-order valence-electron chi connectivity index (χ2n) is 5.94. The van der Waals surface area contributed by atoms with Crippen LogP contribution in [0.3, 0.4) is 0 Å². The first-order chi connectivity index (χ1) is 11.5. The molecule has 1 aromatic carbocycles. The van der Waals surface area contributed by atoms with E-state index in [9.17, 15) is 4.79 Å². The van der Waals surface area contributed by atoms with Crippen molar-refractivity contribution in [1.29, 1.82) is 0 Å². The molecule has 2 aliphatic rings. The highest BCUT2D eigenvalue weighted by Gasteiger charge is 2.59. The third-order valence-corrected chi connectivity index (χ3v) is 5.04. The van der Waals surface area contributed by atoms with Crippen molar-refractivity contribution in [3.8, 4) is 11.5 Å². The van der Waals surface area contributed by atoms with E-state index in [4.69, 9.17) is 26.4 Å². The van der Waals surface area contributed by atoms with Gasteiger partial charge in [0.25, 0.3) is 0 Å². The van der Waals surface area contributed by atoms with Gasteiger partial charge in [-0.2, -0.15) is 0 Å². The molecule has 3 atom stereocenters. The quantitative estimate of drug-likeness (QED) is 0.660. The van der Waals surface area contributed by atoms with Gasteiger partial charge in [0.2, 0.25) is 0 Å². The van der Waals surface area contributed by atoms with Gasteiger partial charge in [-0.15, -0.1) is 0 Å². The number of carbonyl (C=O) groups is 1. The van der Waals surface area contributed by atoms with Crippen LogP contribution in [0.2, 0.25) is 0 Å². The van der Waals surface area contributed by atoms with Crippen molar-refractivity contribution in [2.45, 2.75) is 32.5 Å². The van der Waals surface area contributed by atoms with Crippen molar-refractivity contribution in [1.82, 2.24) is 10.2 Å². The zero-order valence-electron chi connectivity index (χ0n) is 14.3. The molecule has 2 heterocycles. The topological polar surface area (TPSA) is 60.0 Å². The number of fused-ring (bicyclic) bond motifs is 4. The van der Waals surface area contributed by atoms with Crippen molar-refractivity contribution in [3.63, 3.8) is 0 Å². The Morgan fingerprint density at radius 3 is 2.83 bits per heavy atom. The average Bonchev–Trinajstić information content (AvgIpc) is 2.54. The molecule has 1 fully saturated rings. The summed E-state index contributed by atoms with van der Waals surface area (Å²) in [5, 5.41) is 3.86. The number of hydrogen-bond acceptors (Lipinski definition) is 5. The minimum absolute atomic E-state index is 0.299. The van der Waals surface area contributed by atoms with E-state index in [1.807, 2.05) is 36.9 Å². The number of nitrogens with one attached hydrogen (secondary N) is 1. The maximum absolute atomic E-state index is 12.7. The average molecular weight is 350 g/mol. The van der Waals surface area contributed by atoms with Gasteiger partial charge < -0.3 is 24.4 Å². The van der Waals surface area contributed by atoms with Crippen LogP contribution < -0.4 is 14.8 Å². The highest BCUT2D eigenvalue weighted by molar-refractivity contribution is 7.80. The van der Waals surface area contributed by atoms with E-state index in [2.05, 4.69) is 5.32 Å². The molecule has 0 aliphatic carbocycles. The molecule has 1 saturated heterocycles. The number of para-hydroxylation sites is 1. The maximum Gasteiger partial charge on any atom is 0.317 e. The molecule has 130 valence electrons. The van der Waals surface area contributed by atoms with E-state index in [1.54, 1.807) is 14.0 Å². The summed E-state index contributed by atoms with van der Waals surface area (Å²) in [6.45, 7) is 6.58.